The molecule has 0 aliphatic rings. The van der Waals surface area contributed by atoms with Gasteiger partial charge in [-0.3, -0.25) is 9.59 Å². The van der Waals surface area contributed by atoms with Crippen LogP contribution in [0.15, 0.2) is 84.9 Å². The van der Waals surface area contributed by atoms with Crippen molar-refractivity contribution in [2.75, 3.05) is 16.8 Å². The highest BCUT2D eigenvalue weighted by atomic mass is 16.2. The highest BCUT2D eigenvalue weighted by Gasteiger charge is 2.16. The molecule has 3 aromatic carbocycles. The highest BCUT2D eigenvalue weighted by molar-refractivity contribution is 6.07. The van der Waals surface area contributed by atoms with Crippen molar-refractivity contribution in [1.82, 2.24) is 0 Å². The second kappa shape index (κ2) is 10.2. The van der Waals surface area contributed by atoms with Crippen molar-refractivity contribution in [2.24, 2.45) is 0 Å². The van der Waals surface area contributed by atoms with Crippen molar-refractivity contribution in [3.63, 3.8) is 0 Å². The lowest BCUT2D eigenvalue weighted by atomic mass is 10.1. The minimum Gasteiger partial charge on any atom is -0.326 e. The number of anilines is 2. The average molecular weight is 386 g/mol. The Morgan fingerprint density at radius 3 is 2.24 bits per heavy atom. The molecule has 148 valence electrons. The average Bonchev–Trinajstić information content (AvgIpc) is 2.76. The lowest BCUT2D eigenvalue weighted by molar-refractivity contribution is -0.116. The first-order chi connectivity index (χ1) is 14.2. The van der Waals surface area contributed by atoms with Gasteiger partial charge in [-0.1, -0.05) is 54.6 Å². The van der Waals surface area contributed by atoms with E-state index >= 15 is 0 Å². The molecule has 0 atom stereocenters. The fourth-order valence-corrected chi connectivity index (χ4v) is 3.26. The first kappa shape index (κ1) is 20.3. The van der Waals surface area contributed by atoms with Crippen molar-refractivity contribution in [1.29, 1.82) is 0 Å². The summed E-state index contributed by atoms with van der Waals surface area (Å²) < 4.78 is 0. The fraction of sp³-hybridized carbons (Fsp3) is 0.200. The molecule has 0 spiro atoms. The van der Waals surface area contributed by atoms with Crippen LogP contribution in [0.5, 0.6) is 0 Å². The van der Waals surface area contributed by atoms with Gasteiger partial charge in [-0.25, -0.2) is 0 Å². The molecule has 0 saturated heterocycles. The molecule has 0 aliphatic heterocycles. The van der Waals surface area contributed by atoms with Crippen LogP contribution in [-0.2, 0) is 11.2 Å². The third-order valence-electron chi connectivity index (χ3n) is 4.73. The molecule has 29 heavy (non-hydrogen) atoms. The van der Waals surface area contributed by atoms with Gasteiger partial charge in [0.25, 0.3) is 5.91 Å². The number of nitrogens with zero attached hydrogens (tertiary/aromatic N) is 1. The van der Waals surface area contributed by atoms with Gasteiger partial charge < -0.3 is 10.2 Å². The fourth-order valence-electron chi connectivity index (χ4n) is 3.26. The minimum absolute atomic E-state index is 0.0408. The summed E-state index contributed by atoms with van der Waals surface area (Å²) in [6, 6.07) is 26.8. The van der Waals surface area contributed by atoms with Gasteiger partial charge in [0.05, 0.1) is 0 Å². The normalized spacial score (nSPS) is 10.4. The van der Waals surface area contributed by atoms with Crippen LogP contribution in [0.4, 0.5) is 11.4 Å². The van der Waals surface area contributed by atoms with Crippen molar-refractivity contribution in [3.8, 4) is 0 Å². The van der Waals surface area contributed by atoms with E-state index in [0.717, 1.165) is 18.5 Å². The smallest absolute Gasteiger partial charge is 0.258 e. The first-order valence-corrected chi connectivity index (χ1v) is 9.98. The summed E-state index contributed by atoms with van der Waals surface area (Å²) in [5.74, 6) is -0.125. The number of para-hydroxylation sites is 1. The lowest BCUT2D eigenvalue weighted by Crippen LogP contribution is -2.30. The Kier molecular flexibility index (Phi) is 7.17. The third-order valence-corrected chi connectivity index (χ3v) is 4.73. The molecule has 3 rings (SSSR count). The summed E-state index contributed by atoms with van der Waals surface area (Å²) >= 11 is 0. The topological polar surface area (TPSA) is 49.4 Å². The van der Waals surface area contributed by atoms with Crippen LogP contribution in [0.3, 0.4) is 0 Å². The van der Waals surface area contributed by atoms with Crippen LogP contribution < -0.4 is 10.2 Å². The van der Waals surface area contributed by atoms with Crippen LogP contribution in [0.25, 0.3) is 0 Å². The zero-order valence-corrected chi connectivity index (χ0v) is 16.7. The minimum atomic E-state index is -0.0844. The summed E-state index contributed by atoms with van der Waals surface area (Å²) in [4.78, 5) is 27.0. The molecule has 1 N–H and O–H groups in total. The SMILES string of the molecule is CCN(C(=O)c1cccc(NC(=O)CCCc2ccccc2)c1)c1ccccc1. The van der Waals surface area contributed by atoms with Crippen LogP contribution in [0.1, 0.15) is 35.7 Å². The van der Waals surface area contributed by atoms with E-state index in [2.05, 4.69) is 17.4 Å². The summed E-state index contributed by atoms with van der Waals surface area (Å²) in [5, 5.41) is 2.91. The predicted molar refractivity (Wildman–Crippen MR) is 118 cm³/mol. The zero-order chi connectivity index (χ0) is 20.5. The Bertz CT molecular complexity index is 939. The first-order valence-electron chi connectivity index (χ1n) is 9.98. The number of carbonyl (C=O) groups excluding carboxylic acids is 2. The number of hydrogen-bond acceptors (Lipinski definition) is 2. The van der Waals surface area contributed by atoms with E-state index in [1.54, 1.807) is 23.1 Å². The van der Waals surface area contributed by atoms with Crippen molar-refractivity contribution in [2.45, 2.75) is 26.2 Å². The van der Waals surface area contributed by atoms with E-state index in [-0.39, 0.29) is 11.8 Å². The van der Waals surface area contributed by atoms with Crippen molar-refractivity contribution in [3.05, 3.63) is 96.1 Å². The van der Waals surface area contributed by atoms with Crippen LogP contribution in [-0.4, -0.2) is 18.4 Å². The van der Waals surface area contributed by atoms with E-state index in [1.807, 2.05) is 61.5 Å². The molecular formula is C25H26N2O2. The number of aryl methyl sites for hydroxylation is 1. The van der Waals surface area contributed by atoms with Gasteiger partial charge >= 0.3 is 0 Å². The molecule has 0 heterocycles. The Balaban J connectivity index is 1.60. The molecule has 2 amide bonds. The maximum atomic E-state index is 13.0. The maximum absolute atomic E-state index is 13.0. The van der Waals surface area contributed by atoms with Gasteiger partial charge in [-0.15, -0.1) is 0 Å². The molecule has 0 saturated carbocycles. The van der Waals surface area contributed by atoms with E-state index in [9.17, 15) is 9.59 Å². The Hall–Kier alpha value is -3.40. The van der Waals surface area contributed by atoms with Gasteiger partial charge in [0.1, 0.15) is 0 Å². The predicted octanol–water partition coefficient (Wildman–Crippen LogP) is 5.31. The third kappa shape index (κ3) is 5.79. The molecule has 3 aromatic rings. The van der Waals surface area contributed by atoms with Gasteiger partial charge in [0, 0.05) is 29.9 Å². The summed E-state index contributed by atoms with van der Waals surface area (Å²) in [7, 11) is 0. The molecular weight excluding hydrogens is 360 g/mol. The van der Waals surface area contributed by atoms with Gasteiger partial charge in [0.2, 0.25) is 5.91 Å². The van der Waals surface area contributed by atoms with E-state index < -0.39 is 0 Å². The number of amides is 2. The van der Waals surface area contributed by atoms with Gasteiger partial charge in [0.15, 0.2) is 0 Å². The molecule has 0 aromatic heterocycles. The summed E-state index contributed by atoms with van der Waals surface area (Å²) in [6.45, 7) is 2.52. The number of nitrogens with one attached hydrogen (secondary N) is 1. The van der Waals surface area contributed by atoms with Gasteiger partial charge in [-0.05, 0) is 55.7 Å². The van der Waals surface area contributed by atoms with Crippen LogP contribution in [0, 0.1) is 0 Å². The Morgan fingerprint density at radius 2 is 1.55 bits per heavy atom. The molecule has 4 heteroatoms. The standard InChI is InChI=1S/C25H26N2O2/c1-2-27(23-16-7-4-8-17-23)25(29)21-14-10-15-22(19-21)26-24(28)18-9-13-20-11-5-3-6-12-20/h3-8,10-12,14-17,19H,2,9,13,18H2,1H3,(H,26,28). The van der Waals surface area contributed by atoms with E-state index in [4.69, 9.17) is 0 Å². The van der Waals surface area contributed by atoms with Crippen molar-refractivity contribution >= 4 is 23.2 Å². The van der Waals surface area contributed by atoms with Crippen LogP contribution in [0.2, 0.25) is 0 Å². The number of rotatable bonds is 8. The zero-order valence-electron chi connectivity index (χ0n) is 16.7. The van der Waals surface area contributed by atoms with E-state index in [0.29, 0.717) is 24.2 Å². The van der Waals surface area contributed by atoms with Crippen molar-refractivity contribution < 1.29 is 9.59 Å². The van der Waals surface area contributed by atoms with E-state index in [1.165, 1.54) is 5.56 Å². The molecule has 0 radical (unpaired) electrons. The summed E-state index contributed by atoms with van der Waals surface area (Å²) in [5.41, 5.74) is 3.28. The summed E-state index contributed by atoms with van der Waals surface area (Å²) in [6.07, 6.45) is 2.10. The largest absolute Gasteiger partial charge is 0.326 e. The van der Waals surface area contributed by atoms with Crippen LogP contribution >= 0.6 is 0 Å². The maximum Gasteiger partial charge on any atom is 0.258 e. The molecule has 0 aliphatic carbocycles. The molecule has 0 fully saturated rings. The molecule has 0 unspecified atom stereocenters. The lowest BCUT2D eigenvalue weighted by Gasteiger charge is -2.21. The quantitative estimate of drug-likeness (QED) is 0.570. The number of benzene rings is 3. The second-order valence-corrected chi connectivity index (χ2v) is 6.85. The second-order valence-electron chi connectivity index (χ2n) is 6.85. The Labute approximate surface area is 172 Å². The number of hydrogen-bond donors (Lipinski definition) is 1. The Morgan fingerprint density at radius 1 is 0.862 bits per heavy atom. The molecule has 4 nitrogen and oxygen atoms in total. The van der Waals surface area contributed by atoms with Gasteiger partial charge in [-0.2, -0.15) is 0 Å². The molecule has 0 bridgehead atoms. The highest BCUT2D eigenvalue weighted by Crippen LogP contribution is 2.19. The number of carbonyl (C=O) groups is 2. The monoisotopic (exact) mass is 386 g/mol.